The number of hydrogen-bond donors (Lipinski definition) is 1. The third-order valence-corrected chi connectivity index (χ3v) is 1.85. The Hall–Kier alpha value is -0.960. The van der Waals surface area contributed by atoms with Crippen LogP contribution in [0, 0.1) is 0 Å². The lowest BCUT2D eigenvalue weighted by molar-refractivity contribution is 0.859. The highest BCUT2D eigenvalue weighted by Crippen LogP contribution is 2.02. The van der Waals surface area contributed by atoms with Gasteiger partial charge in [-0.1, -0.05) is 0 Å². The monoisotopic (exact) mass is 200 g/mol. The molecule has 1 heterocycles. The smallest absolute Gasteiger partial charge is 0.252 e. The molecule has 72 valence electrons. The van der Waals surface area contributed by atoms with Gasteiger partial charge in [-0.05, 0) is 13.0 Å². The minimum absolute atomic E-state index is 0.0211. The number of halogens is 1. The Morgan fingerprint density at radius 2 is 2.38 bits per heavy atom. The maximum atomic E-state index is 11.2. The minimum atomic E-state index is -0.0211. The molecule has 1 N–H and O–H groups in total. The molecule has 1 rings (SSSR count). The zero-order valence-corrected chi connectivity index (χ0v) is 8.51. The predicted molar refractivity (Wildman–Crippen MR) is 55.5 cm³/mol. The van der Waals surface area contributed by atoms with Gasteiger partial charge in [0.1, 0.15) is 0 Å². The van der Waals surface area contributed by atoms with Crippen molar-refractivity contribution in [3.05, 3.63) is 28.7 Å². The topological polar surface area (TPSA) is 34.0 Å². The largest absolute Gasteiger partial charge is 0.383 e. The Bertz CT molecular complexity index is 333. The number of hydrogen-bond acceptors (Lipinski definition) is 2. The zero-order valence-electron chi connectivity index (χ0n) is 7.75. The first kappa shape index (κ1) is 10.1. The van der Waals surface area contributed by atoms with E-state index < -0.39 is 0 Å². The van der Waals surface area contributed by atoms with Crippen LogP contribution < -0.4 is 10.9 Å². The summed E-state index contributed by atoms with van der Waals surface area (Å²) in [4.78, 5) is 11.2. The molecule has 0 aromatic carbocycles. The molecule has 4 heteroatoms. The molecule has 1 atom stereocenters. The number of nitrogens with one attached hydrogen (secondary N) is 1. The van der Waals surface area contributed by atoms with Gasteiger partial charge in [0.2, 0.25) is 0 Å². The van der Waals surface area contributed by atoms with Gasteiger partial charge >= 0.3 is 0 Å². The van der Waals surface area contributed by atoms with E-state index in [4.69, 9.17) is 11.6 Å². The van der Waals surface area contributed by atoms with Gasteiger partial charge in [0.15, 0.2) is 0 Å². The number of aromatic nitrogens is 1. The van der Waals surface area contributed by atoms with Gasteiger partial charge in [-0.25, -0.2) is 0 Å². The summed E-state index contributed by atoms with van der Waals surface area (Å²) in [6, 6.07) is 3.40. The second-order valence-electron chi connectivity index (χ2n) is 3.03. The molecule has 0 aliphatic heterocycles. The molecular formula is C9H13ClN2O. The van der Waals surface area contributed by atoms with Crippen LogP contribution >= 0.6 is 11.6 Å². The van der Waals surface area contributed by atoms with Crippen molar-refractivity contribution in [1.29, 1.82) is 0 Å². The molecule has 0 bridgehead atoms. The van der Waals surface area contributed by atoms with Crippen LogP contribution in [0.3, 0.4) is 0 Å². The van der Waals surface area contributed by atoms with Crippen LogP contribution in [0.15, 0.2) is 23.1 Å². The van der Waals surface area contributed by atoms with Crippen LogP contribution in [-0.2, 0) is 7.05 Å². The number of rotatable bonds is 3. The second-order valence-corrected chi connectivity index (χ2v) is 3.77. The lowest BCUT2D eigenvalue weighted by Crippen LogP contribution is -2.17. The van der Waals surface area contributed by atoms with Gasteiger partial charge in [0.05, 0.1) is 0 Å². The molecular weight excluding hydrogens is 188 g/mol. The van der Waals surface area contributed by atoms with E-state index in [1.807, 2.05) is 13.0 Å². The van der Waals surface area contributed by atoms with Gasteiger partial charge in [-0.15, -0.1) is 11.6 Å². The quantitative estimate of drug-likeness (QED) is 0.749. The standard InChI is InChI=1S/C9H13ClN2O/c1-7(10)6-11-8-3-4-12(2)9(13)5-8/h3-5,7,11H,6H2,1-2H3. The van der Waals surface area contributed by atoms with E-state index in [0.717, 1.165) is 5.69 Å². The first-order chi connectivity index (χ1) is 6.09. The molecule has 0 aliphatic rings. The average molecular weight is 201 g/mol. The fourth-order valence-electron chi connectivity index (χ4n) is 0.917. The van der Waals surface area contributed by atoms with Crippen molar-refractivity contribution < 1.29 is 0 Å². The van der Waals surface area contributed by atoms with Gasteiger partial charge < -0.3 is 9.88 Å². The maximum Gasteiger partial charge on any atom is 0.252 e. The van der Waals surface area contributed by atoms with Crippen molar-refractivity contribution in [1.82, 2.24) is 4.57 Å². The summed E-state index contributed by atoms with van der Waals surface area (Å²) in [7, 11) is 1.72. The molecule has 0 spiro atoms. The molecule has 3 nitrogen and oxygen atoms in total. The summed E-state index contributed by atoms with van der Waals surface area (Å²) in [6.45, 7) is 2.56. The molecule has 1 aromatic rings. The first-order valence-electron chi connectivity index (χ1n) is 4.14. The fraction of sp³-hybridized carbons (Fsp3) is 0.444. The normalized spacial score (nSPS) is 12.5. The highest BCUT2D eigenvalue weighted by Gasteiger charge is 1.97. The zero-order chi connectivity index (χ0) is 9.84. The molecule has 13 heavy (non-hydrogen) atoms. The Morgan fingerprint density at radius 1 is 1.69 bits per heavy atom. The van der Waals surface area contributed by atoms with Gasteiger partial charge in [0, 0.05) is 36.9 Å². The Labute approximate surface area is 82.3 Å². The van der Waals surface area contributed by atoms with Crippen LogP contribution in [0.1, 0.15) is 6.92 Å². The maximum absolute atomic E-state index is 11.2. The summed E-state index contributed by atoms with van der Waals surface area (Å²) >= 11 is 5.75. The summed E-state index contributed by atoms with van der Waals surface area (Å²) in [5.41, 5.74) is 0.794. The molecule has 0 amide bonds. The SMILES string of the molecule is CC(Cl)CNc1ccn(C)c(=O)c1. The van der Waals surface area contributed by atoms with Crippen LogP contribution in [-0.4, -0.2) is 16.5 Å². The Morgan fingerprint density at radius 3 is 2.92 bits per heavy atom. The summed E-state index contributed by atoms with van der Waals surface area (Å²) in [5, 5.41) is 3.13. The van der Waals surface area contributed by atoms with Crippen LogP contribution in [0.2, 0.25) is 0 Å². The van der Waals surface area contributed by atoms with Crippen molar-refractivity contribution in [3.63, 3.8) is 0 Å². The number of nitrogens with zero attached hydrogens (tertiary/aromatic N) is 1. The van der Waals surface area contributed by atoms with E-state index in [9.17, 15) is 4.79 Å². The molecule has 1 unspecified atom stereocenters. The van der Waals surface area contributed by atoms with Crippen molar-refractivity contribution in [3.8, 4) is 0 Å². The van der Waals surface area contributed by atoms with Gasteiger partial charge in [0.25, 0.3) is 5.56 Å². The Balaban J connectivity index is 2.69. The predicted octanol–water partition coefficient (Wildman–Crippen LogP) is 1.42. The second kappa shape index (κ2) is 4.33. The van der Waals surface area contributed by atoms with E-state index in [2.05, 4.69) is 5.32 Å². The number of alkyl halides is 1. The molecule has 1 aromatic heterocycles. The molecule has 0 saturated heterocycles. The summed E-state index contributed by atoms with van der Waals surface area (Å²) in [6.07, 6.45) is 1.73. The molecule has 0 aliphatic carbocycles. The van der Waals surface area contributed by atoms with E-state index in [-0.39, 0.29) is 10.9 Å². The number of aryl methyl sites for hydroxylation is 1. The van der Waals surface area contributed by atoms with Crippen molar-refractivity contribution >= 4 is 17.3 Å². The van der Waals surface area contributed by atoms with Crippen LogP contribution in [0.25, 0.3) is 0 Å². The minimum Gasteiger partial charge on any atom is -0.383 e. The van der Waals surface area contributed by atoms with Crippen LogP contribution in [0.4, 0.5) is 5.69 Å². The van der Waals surface area contributed by atoms with Crippen molar-refractivity contribution in [2.45, 2.75) is 12.3 Å². The highest BCUT2D eigenvalue weighted by molar-refractivity contribution is 6.20. The van der Waals surface area contributed by atoms with Crippen LogP contribution in [0.5, 0.6) is 0 Å². The van der Waals surface area contributed by atoms with Crippen molar-refractivity contribution in [2.24, 2.45) is 7.05 Å². The molecule has 0 radical (unpaired) electrons. The Kier molecular flexibility index (Phi) is 3.37. The summed E-state index contributed by atoms with van der Waals surface area (Å²) in [5.74, 6) is 0. The third kappa shape index (κ3) is 3.11. The van der Waals surface area contributed by atoms with E-state index in [1.54, 1.807) is 19.3 Å². The molecule has 0 fully saturated rings. The van der Waals surface area contributed by atoms with E-state index >= 15 is 0 Å². The lowest BCUT2D eigenvalue weighted by atomic mass is 10.3. The summed E-state index contributed by atoms with van der Waals surface area (Å²) < 4.78 is 1.52. The number of anilines is 1. The van der Waals surface area contributed by atoms with Gasteiger partial charge in [-0.3, -0.25) is 4.79 Å². The van der Waals surface area contributed by atoms with E-state index in [1.165, 1.54) is 4.57 Å². The van der Waals surface area contributed by atoms with Crippen molar-refractivity contribution in [2.75, 3.05) is 11.9 Å². The first-order valence-corrected chi connectivity index (χ1v) is 4.58. The average Bonchev–Trinajstić information content (AvgIpc) is 2.07. The fourth-order valence-corrected chi connectivity index (χ4v) is 0.994. The van der Waals surface area contributed by atoms with E-state index in [0.29, 0.717) is 6.54 Å². The molecule has 0 saturated carbocycles. The number of pyridine rings is 1. The van der Waals surface area contributed by atoms with Gasteiger partial charge in [-0.2, -0.15) is 0 Å². The highest BCUT2D eigenvalue weighted by atomic mass is 35.5. The third-order valence-electron chi connectivity index (χ3n) is 1.69. The lowest BCUT2D eigenvalue weighted by Gasteiger charge is -2.07.